The molecule has 0 aromatic heterocycles. The van der Waals surface area contributed by atoms with Gasteiger partial charge in [-0.25, -0.2) is 8.78 Å². The second-order valence-corrected chi connectivity index (χ2v) is 7.91. The molecule has 0 amide bonds. The lowest BCUT2D eigenvalue weighted by Gasteiger charge is -2.28. The Labute approximate surface area is 168 Å². The number of halogens is 2. The quantitative estimate of drug-likeness (QED) is 0.411. The second kappa shape index (κ2) is 10.0. The number of aryl methyl sites for hydroxylation is 1. The van der Waals surface area contributed by atoms with Gasteiger partial charge < -0.3 is 0 Å². The fraction of sp³-hybridized carbons (Fsp3) is 0.520. The predicted molar refractivity (Wildman–Crippen MR) is 110 cm³/mol. The van der Waals surface area contributed by atoms with E-state index < -0.39 is 29.8 Å². The van der Waals surface area contributed by atoms with Crippen LogP contribution in [0.1, 0.15) is 75.8 Å². The summed E-state index contributed by atoms with van der Waals surface area (Å²) in [6.45, 7) is 2.24. The summed E-state index contributed by atoms with van der Waals surface area (Å²) < 4.78 is 59.3. The van der Waals surface area contributed by atoms with Crippen molar-refractivity contribution in [3.8, 4) is 11.1 Å². The van der Waals surface area contributed by atoms with Crippen molar-refractivity contribution in [2.24, 2.45) is 11.8 Å². The Morgan fingerprint density at radius 3 is 2.30 bits per heavy atom. The number of benzene rings is 2. The number of rotatable bonds is 8. The summed E-state index contributed by atoms with van der Waals surface area (Å²) in [5.74, 6) is -1.32. The van der Waals surface area contributed by atoms with Gasteiger partial charge in [-0.05, 0) is 53.5 Å². The van der Waals surface area contributed by atoms with Crippen molar-refractivity contribution in [2.75, 3.05) is 0 Å². The predicted octanol–water partition coefficient (Wildman–Crippen LogP) is 7.95. The standard InChI is InChI=1S/C25H32F2/c1-2-3-4-5-19-6-8-20(9-7-19)10-11-21-12-14-22(15-13-21)23-16-17-24(26)25(27)18-23/h12-20H,2-11H2,1H3/i14D,16D,17D,18D. The van der Waals surface area contributed by atoms with Gasteiger partial charge >= 0.3 is 0 Å². The van der Waals surface area contributed by atoms with Crippen molar-refractivity contribution in [3.05, 3.63) is 59.6 Å². The van der Waals surface area contributed by atoms with Gasteiger partial charge in [-0.1, -0.05) is 88.6 Å². The zero-order chi connectivity index (χ0) is 22.5. The van der Waals surface area contributed by atoms with Crippen LogP contribution in [0.3, 0.4) is 0 Å². The highest BCUT2D eigenvalue weighted by atomic mass is 19.2. The molecule has 2 aromatic rings. The smallest absolute Gasteiger partial charge is 0.159 e. The molecule has 0 spiro atoms. The third-order valence-corrected chi connectivity index (χ3v) is 5.89. The molecule has 2 aromatic carbocycles. The van der Waals surface area contributed by atoms with Crippen LogP contribution in [0.25, 0.3) is 11.1 Å². The summed E-state index contributed by atoms with van der Waals surface area (Å²) in [4.78, 5) is 0. The molecule has 0 radical (unpaired) electrons. The van der Waals surface area contributed by atoms with E-state index in [-0.39, 0.29) is 17.2 Å². The van der Waals surface area contributed by atoms with Crippen LogP contribution in [-0.4, -0.2) is 0 Å². The van der Waals surface area contributed by atoms with Crippen molar-refractivity contribution in [3.63, 3.8) is 0 Å². The maximum absolute atomic E-state index is 13.9. The highest BCUT2D eigenvalue weighted by molar-refractivity contribution is 5.63. The molecule has 0 aliphatic heterocycles. The highest BCUT2D eigenvalue weighted by Crippen LogP contribution is 2.34. The molecule has 0 unspecified atom stereocenters. The molecule has 0 heterocycles. The molecule has 27 heavy (non-hydrogen) atoms. The molecule has 1 fully saturated rings. The van der Waals surface area contributed by atoms with E-state index in [2.05, 4.69) is 6.92 Å². The van der Waals surface area contributed by atoms with Gasteiger partial charge in [-0.15, -0.1) is 0 Å². The Morgan fingerprint density at radius 2 is 1.59 bits per heavy atom. The van der Waals surface area contributed by atoms with Crippen LogP contribution in [0.4, 0.5) is 8.78 Å². The summed E-state index contributed by atoms with van der Waals surface area (Å²) in [5, 5.41) is 0. The molecule has 3 rings (SSSR count). The van der Waals surface area contributed by atoms with E-state index in [0.29, 0.717) is 5.92 Å². The van der Waals surface area contributed by atoms with E-state index in [1.807, 2.05) is 6.07 Å². The van der Waals surface area contributed by atoms with E-state index in [0.717, 1.165) is 24.3 Å². The first-order valence-electron chi connectivity index (χ1n) is 12.4. The Morgan fingerprint density at radius 1 is 0.852 bits per heavy atom. The molecule has 0 N–H and O–H groups in total. The second-order valence-electron chi connectivity index (χ2n) is 7.91. The molecule has 0 saturated heterocycles. The molecular weight excluding hydrogens is 338 g/mol. The van der Waals surface area contributed by atoms with Crippen LogP contribution in [0, 0.1) is 23.5 Å². The first-order valence-corrected chi connectivity index (χ1v) is 10.4. The van der Waals surface area contributed by atoms with E-state index in [9.17, 15) is 8.78 Å². The maximum Gasteiger partial charge on any atom is 0.159 e. The fourth-order valence-corrected chi connectivity index (χ4v) is 4.13. The average Bonchev–Trinajstić information content (AvgIpc) is 2.77. The minimum absolute atomic E-state index is 0.0736. The topological polar surface area (TPSA) is 0 Å². The number of hydrogen-bond donors (Lipinski definition) is 0. The molecule has 146 valence electrons. The van der Waals surface area contributed by atoms with Crippen molar-refractivity contribution in [1.82, 2.24) is 0 Å². The molecule has 2 heteroatoms. The lowest BCUT2D eigenvalue weighted by molar-refractivity contribution is 0.249. The molecular formula is C25H32F2. The van der Waals surface area contributed by atoms with Gasteiger partial charge in [0.1, 0.15) is 0 Å². The Kier molecular flexibility index (Phi) is 5.65. The lowest BCUT2D eigenvalue weighted by Crippen LogP contribution is -2.15. The molecule has 0 nitrogen and oxygen atoms in total. The van der Waals surface area contributed by atoms with Crippen molar-refractivity contribution < 1.29 is 14.3 Å². The number of hydrogen-bond acceptors (Lipinski definition) is 0. The van der Waals surface area contributed by atoms with Crippen molar-refractivity contribution in [2.45, 2.75) is 71.1 Å². The average molecular weight is 375 g/mol. The van der Waals surface area contributed by atoms with Gasteiger partial charge in [0.2, 0.25) is 0 Å². The van der Waals surface area contributed by atoms with E-state index in [1.54, 1.807) is 12.1 Å². The molecule has 1 saturated carbocycles. The van der Waals surface area contributed by atoms with Crippen LogP contribution < -0.4 is 0 Å². The summed E-state index contributed by atoms with van der Waals surface area (Å²) in [6, 6.07) is 3.01. The number of unbranched alkanes of at least 4 members (excludes halogenated alkanes) is 2. The van der Waals surface area contributed by atoms with Crippen LogP contribution in [0.5, 0.6) is 0 Å². The third kappa shape index (κ3) is 5.89. The first-order chi connectivity index (χ1) is 14.8. The van der Waals surface area contributed by atoms with Crippen LogP contribution in [-0.2, 0) is 6.42 Å². The molecule has 1 aliphatic carbocycles. The minimum Gasteiger partial charge on any atom is -0.204 e. The van der Waals surface area contributed by atoms with E-state index >= 15 is 0 Å². The van der Waals surface area contributed by atoms with Gasteiger partial charge in [-0.2, -0.15) is 0 Å². The van der Waals surface area contributed by atoms with Crippen molar-refractivity contribution in [1.29, 1.82) is 0 Å². The zero-order valence-corrected chi connectivity index (χ0v) is 16.2. The summed E-state index contributed by atoms with van der Waals surface area (Å²) in [6.07, 6.45) is 12.5. The van der Waals surface area contributed by atoms with Gasteiger partial charge in [0, 0.05) is 0 Å². The van der Waals surface area contributed by atoms with Crippen LogP contribution >= 0.6 is 0 Å². The minimum atomic E-state index is -1.48. The largest absolute Gasteiger partial charge is 0.204 e. The zero-order valence-electron chi connectivity index (χ0n) is 20.2. The third-order valence-electron chi connectivity index (χ3n) is 5.89. The summed E-state index contributed by atoms with van der Waals surface area (Å²) in [5.41, 5.74) is 1.01. The Bertz CT molecular complexity index is 876. The molecule has 0 atom stereocenters. The van der Waals surface area contributed by atoms with Crippen LogP contribution in [0.2, 0.25) is 0 Å². The Balaban J connectivity index is 1.63. The van der Waals surface area contributed by atoms with Gasteiger partial charge in [-0.3, -0.25) is 0 Å². The molecule has 1 aliphatic rings. The maximum atomic E-state index is 13.9. The highest BCUT2D eigenvalue weighted by Gasteiger charge is 2.20. The van der Waals surface area contributed by atoms with Gasteiger partial charge in [0.25, 0.3) is 0 Å². The normalized spacial score (nSPS) is 22.0. The monoisotopic (exact) mass is 374 g/mol. The van der Waals surface area contributed by atoms with Crippen LogP contribution in [0.15, 0.2) is 42.4 Å². The summed E-state index contributed by atoms with van der Waals surface area (Å²) >= 11 is 0. The Hall–Kier alpha value is -1.70. The molecule has 0 bridgehead atoms. The lowest BCUT2D eigenvalue weighted by atomic mass is 9.78. The fourth-order valence-electron chi connectivity index (χ4n) is 4.13. The summed E-state index contributed by atoms with van der Waals surface area (Å²) in [7, 11) is 0. The van der Waals surface area contributed by atoms with Gasteiger partial charge in [0.05, 0.1) is 5.48 Å². The van der Waals surface area contributed by atoms with Crippen molar-refractivity contribution >= 4 is 0 Å². The SMILES string of the molecule is [2H]c1cc(CCC2CCC(CCCCC)CC2)ccc1-c1c([2H])c([2H])c(F)c(F)c1[2H]. The first kappa shape index (κ1) is 15.2. The van der Waals surface area contributed by atoms with Gasteiger partial charge in [0.15, 0.2) is 11.6 Å². The van der Waals surface area contributed by atoms with E-state index in [1.165, 1.54) is 51.4 Å². The van der Waals surface area contributed by atoms with E-state index in [4.69, 9.17) is 5.48 Å².